The van der Waals surface area contributed by atoms with Crippen molar-refractivity contribution in [3.8, 4) is 12.3 Å². The molecular formula is C14H26O2Si. The van der Waals surface area contributed by atoms with Crippen LogP contribution in [0.5, 0.6) is 0 Å². The Morgan fingerprint density at radius 3 is 2.12 bits per heavy atom. The highest BCUT2D eigenvalue weighted by atomic mass is 28.4. The van der Waals surface area contributed by atoms with E-state index in [4.69, 9.17) is 10.8 Å². The smallest absolute Gasteiger partial charge is 0.192 e. The maximum absolute atomic E-state index is 9.98. The first kappa shape index (κ1) is 14.8. The average Bonchev–Trinajstić information content (AvgIpc) is 2.20. The molecule has 3 heteroatoms. The number of terminal acetylenes is 1. The lowest BCUT2D eigenvalue weighted by Gasteiger charge is -2.42. The molecule has 0 radical (unpaired) electrons. The summed E-state index contributed by atoms with van der Waals surface area (Å²) in [7, 11) is -1.68. The van der Waals surface area contributed by atoms with Crippen molar-refractivity contribution < 1.29 is 9.53 Å². The Balaban J connectivity index is 2.55. The van der Waals surface area contributed by atoms with Crippen molar-refractivity contribution in [2.24, 2.45) is 0 Å². The zero-order valence-electron chi connectivity index (χ0n) is 11.8. The molecule has 0 spiro atoms. The molecule has 0 heterocycles. The first-order valence-corrected chi connectivity index (χ1v) is 9.38. The lowest BCUT2D eigenvalue weighted by Crippen LogP contribution is -2.46. The standard InChI is InChI=1S/C14H26O2Si/c1-7-14(15)10-8-12(9-11-14)16-17(5,6)13(2,3)4/h1,12,15H,8-11H2,2-6H3. The normalized spacial score (nSPS) is 31.0. The summed E-state index contributed by atoms with van der Waals surface area (Å²) in [6.07, 6.45) is 8.73. The van der Waals surface area contributed by atoms with E-state index in [-0.39, 0.29) is 11.1 Å². The van der Waals surface area contributed by atoms with Gasteiger partial charge in [0.2, 0.25) is 0 Å². The van der Waals surface area contributed by atoms with Crippen LogP contribution < -0.4 is 0 Å². The fraction of sp³-hybridized carbons (Fsp3) is 0.857. The third-order valence-electron chi connectivity index (χ3n) is 4.30. The Morgan fingerprint density at radius 2 is 1.76 bits per heavy atom. The van der Waals surface area contributed by atoms with Crippen molar-refractivity contribution >= 4 is 8.32 Å². The first-order chi connectivity index (χ1) is 7.60. The van der Waals surface area contributed by atoms with E-state index in [9.17, 15) is 5.11 Å². The van der Waals surface area contributed by atoms with Gasteiger partial charge in [-0.2, -0.15) is 0 Å². The maximum atomic E-state index is 9.98. The van der Waals surface area contributed by atoms with E-state index < -0.39 is 13.9 Å². The summed E-state index contributed by atoms with van der Waals surface area (Å²) in [6, 6.07) is 0. The predicted octanol–water partition coefficient (Wildman–Crippen LogP) is 3.32. The highest BCUT2D eigenvalue weighted by Crippen LogP contribution is 2.40. The molecule has 0 saturated heterocycles. The van der Waals surface area contributed by atoms with Crippen LogP contribution in [0.1, 0.15) is 46.5 Å². The Labute approximate surface area is 107 Å². The van der Waals surface area contributed by atoms with Crippen molar-refractivity contribution in [3.63, 3.8) is 0 Å². The highest BCUT2D eigenvalue weighted by Gasteiger charge is 2.41. The number of rotatable bonds is 2. The second-order valence-corrected chi connectivity index (χ2v) is 11.5. The van der Waals surface area contributed by atoms with Crippen LogP contribution in [0.15, 0.2) is 0 Å². The summed E-state index contributed by atoms with van der Waals surface area (Å²) in [5, 5.41) is 10.2. The largest absolute Gasteiger partial charge is 0.414 e. The van der Waals surface area contributed by atoms with Crippen LogP contribution >= 0.6 is 0 Å². The molecule has 0 aliphatic heterocycles. The summed E-state index contributed by atoms with van der Waals surface area (Å²) < 4.78 is 6.34. The minimum Gasteiger partial charge on any atom is -0.414 e. The molecule has 1 N–H and O–H groups in total. The fourth-order valence-corrected chi connectivity index (χ4v) is 3.35. The van der Waals surface area contributed by atoms with E-state index >= 15 is 0 Å². The van der Waals surface area contributed by atoms with Crippen LogP contribution in [0.4, 0.5) is 0 Å². The molecule has 0 atom stereocenters. The summed E-state index contributed by atoms with van der Waals surface area (Å²) in [5.41, 5.74) is -0.882. The van der Waals surface area contributed by atoms with Gasteiger partial charge in [-0.3, -0.25) is 0 Å². The summed E-state index contributed by atoms with van der Waals surface area (Å²) in [5.74, 6) is 2.51. The molecule has 1 fully saturated rings. The number of hydrogen-bond acceptors (Lipinski definition) is 2. The second kappa shape index (κ2) is 4.76. The molecule has 0 aromatic rings. The van der Waals surface area contributed by atoms with Gasteiger partial charge in [0.1, 0.15) is 5.60 Å². The first-order valence-electron chi connectivity index (χ1n) is 6.48. The lowest BCUT2D eigenvalue weighted by molar-refractivity contribution is 0.0147. The topological polar surface area (TPSA) is 29.5 Å². The Morgan fingerprint density at radius 1 is 1.29 bits per heavy atom. The molecule has 1 rings (SSSR count). The van der Waals surface area contributed by atoms with Crippen LogP contribution in [-0.4, -0.2) is 25.1 Å². The van der Waals surface area contributed by atoms with Gasteiger partial charge in [-0.15, -0.1) is 6.42 Å². The van der Waals surface area contributed by atoms with Crippen molar-refractivity contribution in [2.45, 2.75) is 76.3 Å². The van der Waals surface area contributed by atoms with Crippen LogP contribution in [0.2, 0.25) is 18.1 Å². The third-order valence-corrected chi connectivity index (χ3v) is 8.83. The van der Waals surface area contributed by atoms with E-state index in [1.54, 1.807) is 0 Å². The molecule has 0 aromatic carbocycles. The molecule has 0 aromatic heterocycles. The van der Waals surface area contributed by atoms with Gasteiger partial charge >= 0.3 is 0 Å². The molecule has 17 heavy (non-hydrogen) atoms. The highest BCUT2D eigenvalue weighted by molar-refractivity contribution is 6.74. The Hall–Kier alpha value is -0.303. The van der Waals surface area contributed by atoms with Crippen molar-refractivity contribution in [1.82, 2.24) is 0 Å². The van der Waals surface area contributed by atoms with Gasteiger partial charge in [0.15, 0.2) is 8.32 Å². The quantitative estimate of drug-likeness (QED) is 0.605. The van der Waals surface area contributed by atoms with Crippen molar-refractivity contribution in [2.75, 3.05) is 0 Å². The maximum Gasteiger partial charge on any atom is 0.192 e. The Bertz CT molecular complexity index is 301. The lowest BCUT2D eigenvalue weighted by atomic mass is 9.84. The van der Waals surface area contributed by atoms with Gasteiger partial charge in [-0.05, 0) is 43.8 Å². The van der Waals surface area contributed by atoms with Gasteiger partial charge in [-0.25, -0.2) is 0 Å². The molecule has 1 aliphatic carbocycles. The van der Waals surface area contributed by atoms with E-state index in [2.05, 4.69) is 39.8 Å². The molecule has 1 saturated carbocycles. The van der Waals surface area contributed by atoms with E-state index in [0.29, 0.717) is 12.8 Å². The molecule has 0 bridgehead atoms. The Kier molecular flexibility index (Phi) is 4.13. The van der Waals surface area contributed by atoms with E-state index in [1.165, 1.54) is 0 Å². The molecule has 1 aliphatic rings. The molecular weight excluding hydrogens is 228 g/mol. The minimum absolute atomic E-state index is 0.243. The molecule has 98 valence electrons. The fourth-order valence-electron chi connectivity index (χ4n) is 1.92. The van der Waals surface area contributed by atoms with Crippen molar-refractivity contribution in [1.29, 1.82) is 0 Å². The summed E-state index contributed by atoms with van der Waals surface area (Å²) in [6.45, 7) is 11.3. The number of hydrogen-bond donors (Lipinski definition) is 1. The van der Waals surface area contributed by atoms with E-state index in [0.717, 1.165) is 12.8 Å². The molecule has 0 amide bonds. The van der Waals surface area contributed by atoms with Gasteiger partial charge in [-0.1, -0.05) is 26.7 Å². The monoisotopic (exact) mass is 254 g/mol. The van der Waals surface area contributed by atoms with Crippen LogP contribution in [0, 0.1) is 12.3 Å². The molecule has 2 nitrogen and oxygen atoms in total. The average molecular weight is 254 g/mol. The van der Waals surface area contributed by atoms with Gasteiger partial charge in [0.25, 0.3) is 0 Å². The zero-order valence-corrected chi connectivity index (χ0v) is 12.8. The molecule has 0 unspecified atom stereocenters. The summed E-state index contributed by atoms with van der Waals surface area (Å²) in [4.78, 5) is 0. The van der Waals surface area contributed by atoms with Gasteiger partial charge < -0.3 is 9.53 Å². The van der Waals surface area contributed by atoms with Crippen molar-refractivity contribution in [3.05, 3.63) is 0 Å². The summed E-state index contributed by atoms with van der Waals surface area (Å²) >= 11 is 0. The second-order valence-electron chi connectivity index (χ2n) is 6.75. The van der Waals surface area contributed by atoms with E-state index in [1.807, 2.05) is 0 Å². The van der Waals surface area contributed by atoms with Gasteiger partial charge in [0.05, 0.1) is 0 Å². The van der Waals surface area contributed by atoms with Gasteiger partial charge in [0, 0.05) is 6.10 Å². The SMILES string of the molecule is C#CC1(O)CCC(O[Si](C)(C)C(C)(C)C)CC1. The van der Waals surface area contributed by atoms with Crippen LogP contribution in [0.25, 0.3) is 0 Å². The minimum atomic E-state index is -1.68. The van der Waals surface area contributed by atoms with Crippen LogP contribution in [-0.2, 0) is 4.43 Å². The zero-order chi connectivity index (χ0) is 13.3. The predicted molar refractivity (Wildman–Crippen MR) is 74.3 cm³/mol. The third kappa shape index (κ3) is 3.58. The number of aliphatic hydroxyl groups is 1. The van der Waals surface area contributed by atoms with Crippen LogP contribution in [0.3, 0.4) is 0 Å².